The van der Waals surface area contributed by atoms with Crippen molar-refractivity contribution in [1.29, 1.82) is 0 Å². The molecule has 0 aliphatic carbocycles. The minimum absolute atomic E-state index is 0.252. The normalized spacial score (nSPS) is 10.6. The van der Waals surface area contributed by atoms with Crippen molar-refractivity contribution in [3.63, 3.8) is 0 Å². The standard InChI is InChI=1S/C22H19N5O/c1-14-8-9-15(2)19(13-14)25-22(28)18-10-11-20(27-26-18)24-17-7-3-5-16-6-4-12-23-21(16)17/h3-13H,1-2H3,(H,24,27)(H,25,28). The average Bonchev–Trinajstić information content (AvgIpc) is 2.71. The molecule has 0 aliphatic rings. The van der Waals surface area contributed by atoms with Gasteiger partial charge in [-0.15, -0.1) is 10.2 Å². The molecule has 2 heterocycles. The second-order valence-electron chi connectivity index (χ2n) is 6.58. The topological polar surface area (TPSA) is 79.8 Å². The third-order valence-corrected chi connectivity index (χ3v) is 4.43. The molecule has 1 amide bonds. The maximum absolute atomic E-state index is 12.5. The number of fused-ring (bicyclic) bond motifs is 1. The summed E-state index contributed by atoms with van der Waals surface area (Å²) >= 11 is 0. The highest BCUT2D eigenvalue weighted by Crippen LogP contribution is 2.23. The molecule has 0 unspecified atom stereocenters. The molecule has 4 aromatic rings. The first-order valence-corrected chi connectivity index (χ1v) is 8.93. The summed E-state index contributed by atoms with van der Waals surface area (Å²) < 4.78 is 0. The summed E-state index contributed by atoms with van der Waals surface area (Å²) in [6.45, 7) is 3.93. The predicted molar refractivity (Wildman–Crippen MR) is 111 cm³/mol. The highest BCUT2D eigenvalue weighted by atomic mass is 16.1. The number of benzene rings is 2. The predicted octanol–water partition coefficient (Wildman–Crippen LogP) is 4.64. The number of aromatic nitrogens is 3. The number of anilines is 3. The minimum Gasteiger partial charge on any atom is -0.337 e. The summed E-state index contributed by atoms with van der Waals surface area (Å²) in [5.41, 5.74) is 4.78. The zero-order valence-electron chi connectivity index (χ0n) is 15.6. The number of aryl methyl sites for hydroxylation is 2. The van der Waals surface area contributed by atoms with Crippen LogP contribution in [-0.2, 0) is 0 Å². The van der Waals surface area contributed by atoms with E-state index in [1.54, 1.807) is 18.3 Å². The first kappa shape index (κ1) is 17.6. The summed E-state index contributed by atoms with van der Waals surface area (Å²) in [7, 11) is 0. The van der Waals surface area contributed by atoms with Crippen LogP contribution in [0, 0.1) is 13.8 Å². The Kier molecular flexibility index (Phi) is 4.68. The quantitative estimate of drug-likeness (QED) is 0.548. The van der Waals surface area contributed by atoms with Crippen molar-refractivity contribution in [3.05, 3.63) is 83.7 Å². The summed E-state index contributed by atoms with van der Waals surface area (Å²) in [6.07, 6.45) is 1.75. The molecule has 4 rings (SSSR count). The molecule has 0 radical (unpaired) electrons. The van der Waals surface area contributed by atoms with Gasteiger partial charge in [0.15, 0.2) is 11.5 Å². The van der Waals surface area contributed by atoms with Gasteiger partial charge < -0.3 is 10.6 Å². The molecule has 6 nitrogen and oxygen atoms in total. The number of amides is 1. The van der Waals surface area contributed by atoms with Crippen LogP contribution in [0.4, 0.5) is 17.2 Å². The van der Waals surface area contributed by atoms with Gasteiger partial charge in [0.25, 0.3) is 5.91 Å². The van der Waals surface area contributed by atoms with E-state index in [1.807, 2.05) is 62.4 Å². The van der Waals surface area contributed by atoms with E-state index in [0.29, 0.717) is 5.82 Å². The van der Waals surface area contributed by atoms with Crippen molar-refractivity contribution >= 4 is 34.0 Å². The lowest BCUT2D eigenvalue weighted by atomic mass is 10.1. The van der Waals surface area contributed by atoms with Crippen molar-refractivity contribution in [3.8, 4) is 0 Å². The molecule has 0 fully saturated rings. The first-order valence-electron chi connectivity index (χ1n) is 8.93. The lowest BCUT2D eigenvalue weighted by Crippen LogP contribution is -2.15. The van der Waals surface area contributed by atoms with Crippen molar-refractivity contribution in [1.82, 2.24) is 15.2 Å². The van der Waals surface area contributed by atoms with Crippen molar-refractivity contribution in [2.24, 2.45) is 0 Å². The second-order valence-corrected chi connectivity index (χ2v) is 6.58. The number of carbonyl (C=O) groups excluding carboxylic acids is 1. The lowest BCUT2D eigenvalue weighted by Gasteiger charge is -2.10. The molecular weight excluding hydrogens is 350 g/mol. The van der Waals surface area contributed by atoms with Crippen molar-refractivity contribution in [2.75, 3.05) is 10.6 Å². The molecule has 0 bridgehead atoms. The Hall–Kier alpha value is -3.80. The molecule has 2 N–H and O–H groups in total. The highest BCUT2D eigenvalue weighted by Gasteiger charge is 2.11. The lowest BCUT2D eigenvalue weighted by molar-refractivity contribution is 0.102. The SMILES string of the molecule is Cc1ccc(C)c(NC(=O)c2ccc(Nc3cccc4cccnc34)nn2)c1. The number of hydrogen-bond donors (Lipinski definition) is 2. The number of nitrogens with one attached hydrogen (secondary N) is 2. The number of hydrogen-bond acceptors (Lipinski definition) is 5. The van der Waals surface area contributed by atoms with E-state index in [0.717, 1.165) is 33.4 Å². The molecule has 2 aromatic heterocycles. The largest absolute Gasteiger partial charge is 0.337 e. The van der Waals surface area contributed by atoms with Crippen LogP contribution in [0.3, 0.4) is 0 Å². The monoisotopic (exact) mass is 369 g/mol. The van der Waals surface area contributed by atoms with Crippen LogP contribution in [0.2, 0.25) is 0 Å². The molecule has 0 saturated carbocycles. The van der Waals surface area contributed by atoms with Crippen LogP contribution >= 0.6 is 0 Å². The number of pyridine rings is 1. The van der Waals surface area contributed by atoms with Gasteiger partial charge in [-0.1, -0.05) is 30.3 Å². The third kappa shape index (κ3) is 3.66. The van der Waals surface area contributed by atoms with Gasteiger partial charge in [0.2, 0.25) is 0 Å². The van der Waals surface area contributed by atoms with Gasteiger partial charge in [0.05, 0.1) is 11.2 Å². The number of rotatable bonds is 4. The number of carbonyl (C=O) groups is 1. The molecule has 0 aliphatic heterocycles. The summed E-state index contributed by atoms with van der Waals surface area (Å²) in [5.74, 6) is 0.251. The highest BCUT2D eigenvalue weighted by molar-refractivity contribution is 6.03. The maximum Gasteiger partial charge on any atom is 0.276 e. The minimum atomic E-state index is -0.292. The maximum atomic E-state index is 12.5. The Bertz CT molecular complexity index is 1150. The van der Waals surface area contributed by atoms with Gasteiger partial charge in [-0.05, 0) is 55.3 Å². The fourth-order valence-corrected chi connectivity index (χ4v) is 2.92. The van der Waals surface area contributed by atoms with Gasteiger partial charge in [-0.2, -0.15) is 0 Å². The van der Waals surface area contributed by atoms with Crippen LogP contribution in [0.25, 0.3) is 10.9 Å². The zero-order chi connectivity index (χ0) is 19.5. The second kappa shape index (κ2) is 7.44. The number of para-hydroxylation sites is 1. The molecule has 0 spiro atoms. The van der Waals surface area contributed by atoms with E-state index in [-0.39, 0.29) is 11.6 Å². The Morgan fingerprint density at radius 3 is 2.57 bits per heavy atom. The van der Waals surface area contributed by atoms with E-state index in [2.05, 4.69) is 25.8 Å². The molecular formula is C22H19N5O. The molecule has 28 heavy (non-hydrogen) atoms. The Labute approximate surface area is 162 Å². The van der Waals surface area contributed by atoms with Gasteiger partial charge >= 0.3 is 0 Å². The fraction of sp³-hybridized carbons (Fsp3) is 0.0909. The fourth-order valence-electron chi connectivity index (χ4n) is 2.92. The van der Waals surface area contributed by atoms with Crippen LogP contribution < -0.4 is 10.6 Å². The number of nitrogens with zero attached hydrogens (tertiary/aromatic N) is 3. The van der Waals surface area contributed by atoms with Crippen molar-refractivity contribution in [2.45, 2.75) is 13.8 Å². The van der Waals surface area contributed by atoms with Gasteiger partial charge in [0.1, 0.15) is 0 Å². The zero-order valence-corrected chi connectivity index (χ0v) is 15.6. The van der Waals surface area contributed by atoms with E-state index in [4.69, 9.17) is 0 Å². The van der Waals surface area contributed by atoms with E-state index >= 15 is 0 Å². The van der Waals surface area contributed by atoms with Gasteiger partial charge in [-0.3, -0.25) is 9.78 Å². The third-order valence-electron chi connectivity index (χ3n) is 4.43. The molecule has 0 atom stereocenters. The average molecular weight is 369 g/mol. The van der Waals surface area contributed by atoms with Crippen molar-refractivity contribution < 1.29 is 4.79 Å². The Balaban J connectivity index is 1.52. The van der Waals surface area contributed by atoms with E-state index in [9.17, 15) is 4.79 Å². The van der Waals surface area contributed by atoms with Crippen LogP contribution in [0.15, 0.2) is 66.9 Å². The Morgan fingerprint density at radius 2 is 1.75 bits per heavy atom. The Morgan fingerprint density at radius 1 is 0.893 bits per heavy atom. The van der Waals surface area contributed by atoms with E-state index in [1.165, 1.54) is 0 Å². The van der Waals surface area contributed by atoms with E-state index < -0.39 is 0 Å². The van der Waals surface area contributed by atoms with Crippen LogP contribution in [0.5, 0.6) is 0 Å². The molecule has 2 aromatic carbocycles. The van der Waals surface area contributed by atoms with Crippen LogP contribution in [0.1, 0.15) is 21.6 Å². The summed E-state index contributed by atoms with van der Waals surface area (Å²) in [6, 6.07) is 19.1. The molecule has 138 valence electrons. The summed E-state index contributed by atoms with van der Waals surface area (Å²) in [5, 5.41) is 15.3. The smallest absolute Gasteiger partial charge is 0.276 e. The van der Waals surface area contributed by atoms with Gasteiger partial charge in [-0.25, -0.2) is 0 Å². The molecule has 0 saturated heterocycles. The molecule has 6 heteroatoms. The summed E-state index contributed by atoms with van der Waals surface area (Å²) in [4.78, 5) is 16.9. The first-order chi connectivity index (χ1) is 13.6. The van der Waals surface area contributed by atoms with Crippen LogP contribution in [-0.4, -0.2) is 21.1 Å². The van der Waals surface area contributed by atoms with Gasteiger partial charge in [0, 0.05) is 17.3 Å².